The standard InChI is InChI=1S/C17H19N3O4/c1-24-16-8-7-15(20(22)23)10-12(16)9-13(11-18)17(21)19-14-5-3-2-4-6-14/h7-10,14H,2-6H2,1H3,(H,19,21)/b13-9+. The summed E-state index contributed by atoms with van der Waals surface area (Å²) in [5, 5.41) is 23.0. The minimum absolute atomic E-state index is 0.0787. The van der Waals surface area contributed by atoms with E-state index in [1.165, 1.54) is 31.4 Å². The summed E-state index contributed by atoms with van der Waals surface area (Å²) in [6.45, 7) is 0. The number of ether oxygens (including phenoxy) is 1. The zero-order valence-electron chi connectivity index (χ0n) is 13.4. The summed E-state index contributed by atoms with van der Waals surface area (Å²) in [4.78, 5) is 22.7. The largest absolute Gasteiger partial charge is 0.496 e. The maximum absolute atomic E-state index is 12.3. The van der Waals surface area contributed by atoms with Crippen molar-refractivity contribution < 1.29 is 14.5 Å². The molecule has 0 radical (unpaired) electrons. The number of non-ortho nitro benzene ring substituents is 1. The van der Waals surface area contributed by atoms with Crippen LogP contribution >= 0.6 is 0 Å². The topological polar surface area (TPSA) is 105 Å². The Morgan fingerprint density at radius 2 is 2.12 bits per heavy atom. The van der Waals surface area contributed by atoms with Gasteiger partial charge in [0, 0.05) is 23.7 Å². The first-order chi connectivity index (χ1) is 11.5. The number of amides is 1. The van der Waals surface area contributed by atoms with E-state index in [0.29, 0.717) is 11.3 Å². The van der Waals surface area contributed by atoms with Gasteiger partial charge in [0.05, 0.1) is 12.0 Å². The highest BCUT2D eigenvalue weighted by Crippen LogP contribution is 2.26. The van der Waals surface area contributed by atoms with Gasteiger partial charge in [0.15, 0.2) is 0 Å². The van der Waals surface area contributed by atoms with Crippen molar-refractivity contribution in [2.75, 3.05) is 7.11 Å². The van der Waals surface area contributed by atoms with E-state index >= 15 is 0 Å². The second-order valence-corrected chi connectivity index (χ2v) is 5.66. The number of benzene rings is 1. The lowest BCUT2D eigenvalue weighted by Gasteiger charge is -2.22. The van der Waals surface area contributed by atoms with Gasteiger partial charge in [0.2, 0.25) is 0 Å². The van der Waals surface area contributed by atoms with Crippen LogP contribution in [0.5, 0.6) is 5.75 Å². The molecule has 0 spiro atoms. The number of rotatable bonds is 5. The molecule has 1 aromatic rings. The molecular weight excluding hydrogens is 310 g/mol. The number of methoxy groups -OCH3 is 1. The number of nitrogens with one attached hydrogen (secondary N) is 1. The summed E-state index contributed by atoms with van der Waals surface area (Å²) >= 11 is 0. The summed E-state index contributed by atoms with van der Waals surface area (Å²) in [5.41, 5.74) is 0.0912. The number of hydrogen-bond donors (Lipinski definition) is 1. The summed E-state index contributed by atoms with van der Waals surface area (Å²) in [6, 6.07) is 5.98. The van der Waals surface area contributed by atoms with Gasteiger partial charge in [-0.1, -0.05) is 19.3 Å². The fraction of sp³-hybridized carbons (Fsp3) is 0.412. The summed E-state index contributed by atoms with van der Waals surface area (Å²) in [5.74, 6) is -0.100. The second kappa shape index (κ2) is 8.11. The predicted octanol–water partition coefficient (Wildman–Crippen LogP) is 2.96. The third-order valence-corrected chi connectivity index (χ3v) is 4.03. The molecule has 1 fully saturated rings. The number of nitro benzene ring substituents is 1. The molecule has 1 aliphatic rings. The molecule has 0 aliphatic heterocycles. The number of nitro groups is 1. The van der Waals surface area contributed by atoms with Crippen molar-refractivity contribution in [3.8, 4) is 11.8 Å². The van der Waals surface area contributed by atoms with E-state index in [1.807, 2.05) is 6.07 Å². The van der Waals surface area contributed by atoms with Gasteiger partial charge in [-0.2, -0.15) is 5.26 Å². The Morgan fingerprint density at radius 3 is 2.71 bits per heavy atom. The average Bonchev–Trinajstić information content (AvgIpc) is 2.60. The SMILES string of the molecule is COc1ccc([N+](=O)[O-])cc1/C=C(\C#N)C(=O)NC1CCCCC1. The summed E-state index contributed by atoms with van der Waals surface area (Å²) in [6.07, 6.45) is 6.43. The predicted molar refractivity (Wildman–Crippen MR) is 88.3 cm³/mol. The van der Waals surface area contributed by atoms with E-state index in [9.17, 15) is 20.2 Å². The zero-order chi connectivity index (χ0) is 17.5. The van der Waals surface area contributed by atoms with Gasteiger partial charge in [-0.25, -0.2) is 0 Å². The molecule has 126 valence electrons. The molecule has 7 nitrogen and oxygen atoms in total. The van der Waals surface area contributed by atoms with Crippen LogP contribution in [0.2, 0.25) is 0 Å². The van der Waals surface area contributed by atoms with Gasteiger partial charge in [-0.15, -0.1) is 0 Å². The van der Waals surface area contributed by atoms with Gasteiger partial charge in [-0.05, 0) is 25.0 Å². The molecule has 2 rings (SSSR count). The molecule has 1 amide bonds. The number of carbonyl (C=O) groups is 1. The zero-order valence-corrected chi connectivity index (χ0v) is 13.4. The molecule has 0 bridgehead atoms. The highest BCUT2D eigenvalue weighted by molar-refractivity contribution is 6.02. The van der Waals surface area contributed by atoms with Gasteiger partial charge in [0.25, 0.3) is 11.6 Å². The third kappa shape index (κ3) is 4.32. The van der Waals surface area contributed by atoms with Crippen LogP contribution < -0.4 is 10.1 Å². The van der Waals surface area contributed by atoms with Crippen molar-refractivity contribution in [1.29, 1.82) is 5.26 Å². The Morgan fingerprint density at radius 1 is 1.42 bits per heavy atom. The molecule has 1 aliphatic carbocycles. The first kappa shape index (κ1) is 17.5. The van der Waals surface area contributed by atoms with E-state index in [0.717, 1.165) is 32.1 Å². The van der Waals surface area contributed by atoms with Crippen LogP contribution in [0.4, 0.5) is 5.69 Å². The average molecular weight is 329 g/mol. The second-order valence-electron chi connectivity index (χ2n) is 5.66. The van der Waals surface area contributed by atoms with Crippen LogP contribution in [-0.2, 0) is 4.79 Å². The molecule has 1 saturated carbocycles. The monoisotopic (exact) mass is 329 g/mol. The van der Waals surface area contributed by atoms with E-state index in [4.69, 9.17) is 4.74 Å². The van der Waals surface area contributed by atoms with Crippen molar-refractivity contribution in [3.63, 3.8) is 0 Å². The molecule has 0 aromatic heterocycles. The smallest absolute Gasteiger partial charge is 0.270 e. The normalized spacial score (nSPS) is 15.4. The lowest BCUT2D eigenvalue weighted by atomic mass is 9.95. The maximum Gasteiger partial charge on any atom is 0.270 e. The Hall–Kier alpha value is -2.88. The first-order valence-electron chi connectivity index (χ1n) is 7.80. The third-order valence-electron chi connectivity index (χ3n) is 4.03. The minimum Gasteiger partial charge on any atom is -0.496 e. The fourth-order valence-electron chi connectivity index (χ4n) is 2.76. The molecule has 0 unspecified atom stereocenters. The van der Waals surface area contributed by atoms with Gasteiger partial charge >= 0.3 is 0 Å². The van der Waals surface area contributed by atoms with Gasteiger partial charge < -0.3 is 10.1 Å². The van der Waals surface area contributed by atoms with Crippen LogP contribution in [0, 0.1) is 21.4 Å². The maximum atomic E-state index is 12.3. The fourth-order valence-corrected chi connectivity index (χ4v) is 2.76. The molecule has 1 N–H and O–H groups in total. The first-order valence-corrected chi connectivity index (χ1v) is 7.80. The highest BCUT2D eigenvalue weighted by Gasteiger charge is 2.19. The van der Waals surface area contributed by atoms with Crippen LogP contribution in [0.3, 0.4) is 0 Å². The Labute approximate surface area is 140 Å². The van der Waals surface area contributed by atoms with Crippen LogP contribution in [0.1, 0.15) is 37.7 Å². The van der Waals surface area contributed by atoms with E-state index in [-0.39, 0.29) is 17.3 Å². The van der Waals surface area contributed by atoms with Crippen LogP contribution in [0.25, 0.3) is 6.08 Å². The lowest BCUT2D eigenvalue weighted by Crippen LogP contribution is -2.36. The molecule has 24 heavy (non-hydrogen) atoms. The number of hydrogen-bond acceptors (Lipinski definition) is 5. The minimum atomic E-state index is -0.537. The molecule has 0 saturated heterocycles. The van der Waals surface area contributed by atoms with Crippen LogP contribution in [0.15, 0.2) is 23.8 Å². The highest BCUT2D eigenvalue weighted by atomic mass is 16.6. The van der Waals surface area contributed by atoms with Crippen molar-refractivity contribution in [3.05, 3.63) is 39.4 Å². The number of nitriles is 1. The van der Waals surface area contributed by atoms with Crippen molar-refractivity contribution in [2.45, 2.75) is 38.1 Å². The van der Waals surface area contributed by atoms with Gasteiger partial charge in [-0.3, -0.25) is 14.9 Å². The molecule has 1 aromatic carbocycles. The van der Waals surface area contributed by atoms with Crippen molar-refractivity contribution >= 4 is 17.7 Å². The van der Waals surface area contributed by atoms with Crippen LogP contribution in [-0.4, -0.2) is 24.0 Å². The lowest BCUT2D eigenvalue weighted by molar-refractivity contribution is -0.384. The van der Waals surface area contributed by atoms with Crippen molar-refractivity contribution in [2.24, 2.45) is 0 Å². The Kier molecular flexibility index (Phi) is 5.90. The molecule has 0 atom stereocenters. The number of nitrogens with zero attached hydrogens (tertiary/aromatic N) is 2. The molecule has 0 heterocycles. The number of carbonyl (C=O) groups excluding carboxylic acids is 1. The Balaban J connectivity index is 2.25. The van der Waals surface area contributed by atoms with E-state index < -0.39 is 10.8 Å². The Bertz CT molecular complexity index is 700. The van der Waals surface area contributed by atoms with Crippen molar-refractivity contribution in [1.82, 2.24) is 5.32 Å². The van der Waals surface area contributed by atoms with Gasteiger partial charge in [0.1, 0.15) is 17.4 Å². The van der Waals surface area contributed by atoms with E-state index in [2.05, 4.69) is 5.32 Å². The molecular formula is C17H19N3O4. The molecule has 7 heteroatoms. The summed E-state index contributed by atoms with van der Waals surface area (Å²) < 4.78 is 5.15. The quantitative estimate of drug-likeness (QED) is 0.387. The van der Waals surface area contributed by atoms with E-state index in [1.54, 1.807) is 0 Å². The summed E-state index contributed by atoms with van der Waals surface area (Å²) in [7, 11) is 1.42.